The number of rotatable bonds is 5. The zero-order chi connectivity index (χ0) is 16.9. The van der Waals surface area contributed by atoms with Crippen LogP contribution in [0.25, 0.3) is 0 Å². The summed E-state index contributed by atoms with van der Waals surface area (Å²) < 4.78 is 5.73. The topological polar surface area (TPSA) is 58.6 Å². The summed E-state index contributed by atoms with van der Waals surface area (Å²) >= 11 is 1.59. The highest BCUT2D eigenvalue weighted by molar-refractivity contribution is 7.98. The maximum Gasteiger partial charge on any atom is 0.262 e. The van der Waals surface area contributed by atoms with Gasteiger partial charge in [-0.3, -0.25) is 4.79 Å². The van der Waals surface area contributed by atoms with Gasteiger partial charge in [0.2, 0.25) is 0 Å². The van der Waals surface area contributed by atoms with Crippen LogP contribution in [0.1, 0.15) is 30.1 Å². The van der Waals surface area contributed by atoms with Crippen molar-refractivity contribution in [3.63, 3.8) is 0 Å². The van der Waals surface area contributed by atoms with Gasteiger partial charge in [0, 0.05) is 4.90 Å². The Labute approximate surface area is 146 Å². The maximum atomic E-state index is 12.2. The van der Waals surface area contributed by atoms with E-state index in [1.807, 2.05) is 48.7 Å². The standard InChI is InChI=1S/C19H21NO3S/c1-24-18-11-3-2-8-15(18)20-19(22)12-23-17-10-5-6-13-14(17)7-4-9-16(13)21/h2-3,5-6,8,10-11,16,21H,4,7,9,12H2,1H3,(H,20,22)/t16-/m1/s1. The van der Waals surface area contributed by atoms with Gasteiger partial charge in [-0.2, -0.15) is 0 Å². The van der Waals surface area contributed by atoms with Gasteiger partial charge < -0.3 is 15.2 Å². The number of aliphatic hydroxyl groups is 1. The highest BCUT2D eigenvalue weighted by Crippen LogP contribution is 2.35. The number of hydrogen-bond donors (Lipinski definition) is 2. The van der Waals surface area contributed by atoms with Crippen LogP contribution in [0.3, 0.4) is 0 Å². The molecule has 1 aliphatic carbocycles. The van der Waals surface area contributed by atoms with Crippen LogP contribution in [0.15, 0.2) is 47.4 Å². The lowest BCUT2D eigenvalue weighted by Crippen LogP contribution is -2.21. The average Bonchev–Trinajstić information content (AvgIpc) is 2.61. The molecule has 0 bridgehead atoms. The number of carbonyl (C=O) groups excluding carboxylic acids is 1. The minimum Gasteiger partial charge on any atom is -0.483 e. The lowest BCUT2D eigenvalue weighted by molar-refractivity contribution is -0.118. The molecule has 2 aromatic rings. The first-order valence-corrected chi connectivity index (χ1v) is 9.27. The Morgan fingerprint density at radius 2 is 2.12 bits per heavy atom. The van der Waals surface area contributed by atoms with Crippen LogP contribution in [-0.2, 0) is 11.2 Å². The van der Waals surface area contributed by atoms with Crippen molar-refractivity contribution in [2.45, 2.75) is 30.3 Å². The second kappa shape index (κ2) is 7.73. The molecule has 126 valence electrons. The fourth-order valence-corrected chi connectivity index (χ4v) is 3.56. The summed E-state index contributed by atoms with van der Waals surface area (Å²) in [5, 5.41) is 13.0. The Morgan fingerprint density at radius 3 is 2.96 bits per heavy atom. The number of thioether (sulfide) groups is 1. The first kappa shape index (κ1) is 16.9. The quantitative estimate of drug-likeness (QED) is 0.811. The molecule has 5 heteroatoms. The predicted octanol–water partition coefficient (Wildman–Crippen LogP) is 3.80. The van der Waals surface area contributed by atoms with Crippen molar-refractivity contribution in [2.75, 3.05) is 18.2 Å². The molecule has 3 rings (SSSR count). The summed E-state index contributed by atoms with van der Waals surface area (Å²) in [6, 6.07) is 13.3. The number of amides is 1. The molecule has 2 aromatic carbocycles. The summed E-state index contributed by atoms with van der Waals surface area (Å²) in [6.07, 6.45) is 4.13. The fraction of sp³-hybridized carbons (Fsp3) is 0.316. The van der Waals surface area contributed by atoms with Crippen LogP contribution in [0.5, 0.6) is 5.75 Å². The lowest BCUT2D eigenvalue weighted by atomic mass is 9.89. The molecule has 0 fully saturated rings. The van der Waals surface area contributed by atoms with Crippen molar-refractivity contribution < 1.29 is 14.6 Å². The van der Waals surface area contributed by atoms with Gasteiger partial charge in [-0.25, -0.2) is 0 Å². The van der Waals surface area contributed by atoms with Gasteiger partial charge in [-0.15, -0.1) is 11.8 Å². The molecular weight excluding hydrogens is 322 g/mol. The molecular formula is C19H21NO3S. The van der Waals surface area contributed by atoms with Crippen molar-refractivity contribution in [1.82, 2.24) is 0 Å². The molecule has 1 amide bonds. The van der Waals surface area contributed by atoms with Crippen molar-refractivity contribution in [1.29, 1.82) is 0 Å². The van der Waals surface area contributed by atoms with E-state index in [2.05, 4.69) is 5.32 Å². The van der Waals surface area contributed by atoms with E-state index < -0.39 is 6.10 Å². The number of anilines is 1. The van der Waals surface area contributed by atoms with Gasteiger partial charge in [0.05, 0.1) is 11.8 Å². The number of carbonyl (C=O) groups is 1. The minimum absolute atomic E-state index is 0.0464. The van der Waals surface area contributed by atoms with E-state index in [1.165, 1.54) is 0 Å². The first-order valence-electron chi connectivity index (χ1n) is 8.04. The van der Waals surface area contributed by atoms with Crippen molar-refractivity contribution in [3.05, 3.63) is 53.6 Å². The van der Waals surface area contributed by atoms with Gasteiger partial charge in [0.15, 0.2) is 6.61 Å². The lowest BCUT2D eigenvalue weighted by Gasteiger charge is -2.23. The summed E-state index contributed by atoms with van der Waals surface area (Å²) in [5.74, 6) is 0.505. The number of nitrogens with one attached hydrogen (secondary N) is 1. The summed E-state index contributed by atoms with van der Waals surface area (Å²) in [5.41, 5.74) is 2.74. The zero-order valence-electron chi connectivity index (χ0n) is 13.6. The number of para-hydroxylation sites is 1. The van der Waals surface area contributed by atoms with E-state index in [0.29, 0.717) is 5.75 Å². The van der Waals surface area contributed by atoms with Crippen LogP contribution in [-0.4, -0.2) is 23.9 Å². The molecule has 0 spiro atoms. The summed E-state index contributed by atoms with van der Waals surface area (Å²) in [7, 11) is 0. The molecule has 0 saturated carbocycles. The van der Waals surface area contributed by atoms with Crippen LogP contribution in [0.4, 0.5) is 5.69 Å². The molecule has 0 aromatic heterocycles. The van der Waals surface area contributed by atoms with Gasteiger partial charge in [0.25, 0.3) is 5.91 Å². The highest BCUT2D eigenvalue weighted by atomic mass is 32.2. The normalized spacial score (nSPS) is 16.3. The zero-order valence-corrected chi connectivity index (χ0v) is 14.4. The molecule has 1 atom stereocenters. The smallest absolute Gasteiger partial charge is 0.262 e. The largest absolute Gasteiger partial charge is 0.483 e. The average molecular weight is 343 g/mol. The Morgan fingerprint density at radius 1 is 1.29 bits per heavy atom. The Bertz CT molecular complexity index is 732. The number of aliphatic hydroxyl groups excluding tert-OH is 1. The first-order chi connectivity index (χ1) is 11.7. The van der Waals surface area contributed by atoms with Crippen LogP contribution >= 0.6 is 11.8 Å². The number of ether oxygens (including phenoxy) is 1. The van der Waals surface area contributed by atoms with E-state index in [9.17, 15) is 9.90 Å². The van der Waals surface area contributed by atoms with E-state index in [4.69, 9.17) is 4.74 Å². The van der Waals surface area contributed by atoms with E-state index in [1.54, 1.807) is 11.8 Å². The molecule has 0 aliphatic heterocycles. The third-order valence-electron chi connectivity index (χ3n) is 4.17. The SMILES string of the molecule is CSc1ccccc1NC(=O)COc1cccc2c1CCC[C@H]2O. The van der Waals surface area contributed by atoms with E-state index >= 15 is 0 Å². The third-order valence-corrected chi connectivity index (χ3v) is 4.97. The molecule has 0 heterocycles. The summed E-state index contributed by atoms with van der Waals surface area (Å²) in [6.45, 7) is -0.0464. The number of fused-ring (bicyclic) bond motifs is 1. The Balaban J connectivity index is 1.66. The maximum absolute atomic E-state index is 12.2. The van der Waals surface area contributed by atoms with Gasteiger partial charge >= 0.3 is 0 Å². The van der Waals surface area contributed by atoms with Gasteiger partial charge in [-0.1, -0.05) is 24.3 Å². The molecule has 1 aliphatic rings. The molecule has 0 unspecified atom stereocenters. The van der Waals surface area contributed by atoms with Crippen molar-refractivity contribution >= 4 is 23.4 Å². The highest BCUT2D eigenvalue weighted by Gasteiger charge is 2.21. The fourth-order valence-electron chi connectivity index (χ4n) is 3.00. The van der Waals surface area contributed by atoms with E-state index in [0.717, 1.165) is 41.0 Å². The second-order valence-corrected chi connectivity index (χ2v) is 6.62. The molecule has 2 N–H and O–H groups in total. The molecule has 24 heavy (non-hydrogen) atoms. The Kier molecular flexibility index (Phi) is 5.43. The van der Waals surface area contributed by atoms with Crippen LogP contribution in [0, 0.1) is 0 Å². The van der Waals surface area contributed by atoms with Crippen LogP contribution in [0.2, 0.25) is 0 Å². The molecule has 0 radical (unpaired) electrons. The van der Waals surface area contributed by atoms with Gasteiger partial charge in [0.1, 0.15) is 5.75 Å². The van der Waals surface area contributed by atoms with Crippen LogP contribution < -0.4 is 10.1 Å². The minimum atomic E-state index is -0.431. The Hall–Kier alpha value is -1.98. The van der Waals surface area contributed by atoms with Gasteiger partial charge in [-0.05, 0) is 54.8 Å². The molecule has 4 nitrogen and oxygen atoms in total. The number of hydrogen-bond acceptors (Lipinski definition) is 4. The van der Waals surface area contributed by atoms with E-state index in [-0.39, 0.29) is 12.5 Å². The predicted molar refractivity (Wildman–Crippen MR) is 96.7 cm³/mol. The monoisotopic (exact) mass is 343 g/mol. The van der Waals surface area contributed by atoms with Crippen molar-refractivity contribution in [3.8, 4) is 5.75 Å². The third kappa shape index (κ3) is 3.74. The summed E-state index contributed by atoms with van der Waals surface area (Å²) in [4.78, 5) is 13.2. The number of benzene rings is 2. The molecule has 0 saturated heterocycles. The van der Waals surface area contributed by atoms with Crippen molar-refractivity contribution in [2.24, 2.45) is 0 Å². The second-order valence-electron chi connectivity index (χ2n) is 5.77.